The van der Waals surface area contributed by atoms with Crippen LogP contribution in [0, 0.1) is 5.92 Å². The summed E-state index contributed by atoms with van der Waals surface area (Å²) in [5.41, 5.74) is 1.77. The van der Waals surface area contributed by atoms with E-state index in [1.807, 2.05) is 35.8 Å². The van der Waals surface area contributed by atoms with Crippen LogP contribution in [0.1, 0.15) is 31.4 Å². The summed E-state index contributed by atoms with van der Waals surface area (Å²) in [7, 11) is -3.21. The number of pyridine rings is 1. The maximum Gasteiger partial charge on any atom is 0.259 e. The Balaban J connectivity index is 1.52. The van der Waals surface area contributed by atoms with Gasteiger partial charge in [0.25, 0.3) is 5.56 Å². The Morgan fingerprint density at radius 1 is 1.10 bits per heavy atom. The second-order valence-corrected chi connectivity index (χ2v) is 11.3. The largest absolute Gasteiger partial charge is 0.311 e. The topological polar surface area (TPSA) is 59.4 Å². The van der Waals surface area contributed by atoms with E-state index < -0.39 is 10.0 Å². The van der Waals surface area contributed by atoms with Crippen molar-refractivity contribution in [1.29, 1.82) is 0 Å². The van der Waals surface area contributed by atoms with Crippen LogP contribution in [0.15, 0.2) is 47.3 Å². The standard InChI is InChI=1S/C22H24N2O3S2/c1-2-9-29(26,27)23-12-15-10-17(14-23)19-8-7-18(22(25)24(19)13-15)21-11-16-5-3-4-6-20(16)28-21/h3-8,11,15,17H,2,9-10,12-14H2,1H3/t15-,17-/m1/s1. The highest BCUT2D eigenvalue weighted by molar-refractivity contribution is 7.89. The number of piperidine rings is 1. The average molecular weight is 429 g/mol. The highest BCUT2D eigenvalue weighted by atomic mass is 32.2. The fourth-order valence-electron chi connectivity index (χ4n) is 4.82. The second kappa shape index (κ2) is 7.07. The van der Waals surface area contributed by atoms with Crippen LogP contribution >= 0.6 is 11.3 Å². The lowest BCUT2D eigenvalue weighted by Gasteiger charge is -2.42. The molecule has 7 heteroatoms. The molecular weight excluding hydrogens is 404 g/mol. The van der Waals surface area contributed by atoms with Crippen molar-refractivity contribution < 1.29 is 8.42 Å². The molecule has 2 aliphatic heterocycles. The minimum Gasteiger partial charge on any atom is -0.311 e. The van der Waals surface area contributed by atoms with E-state index in [1.165, 1.54) is 4.70 Å². The third kappa shape index (κ3) is 3.25. The molecule has 29 heavy (non-hydrogen) atoms. The summed E-state index contributed by atoms with van der Waals surface area (Å²) in [6.07, 6.45) is 1.59. The van der Waals surface area contributed by atoms with E-state index in [1.54, 1.807) is 15.6 Å². The molecule has 5 rings (SSSR count). The molecular formula is C22H24N2O3S2. The van der Waals surface area contributed by atoms with Crippen molar-refractivity contribution in [2.75, 3.05) is 18.8 Å². The van der Waals surface area contributed by atoms with E-state index in [0.29, 0.717) is 26.1 Å². The number of benzene rings is 1. The van der Waals surface area contributed by atoms with Crippen LogP contribution in [0.4, 0.5) is 0 Å². The molecule has 1 aromatic carbocycles. The van der Waals surface area contributed by atoms with Gasteiger partial charge >= 0.3 is 0 Å². The molecule has 3 aromatic rings. The van der Waals surface area contributed by atoms with Crippen molar-refractivity contribution in [3.63, 3.8) is 0 Å². The molecule has 0 spiro atoms. The van der Waals surface area contributed by atoms with Gasteiger partial charge < -0.3 is 4.57 Å². The van der Waals surface area contributed by atoms with Gasteiger partial charge in [-0.2, -0.15) is 0 Å². The van der Waals surface area contributed by atoms with Crippen molar-refractivity contribution in [2.45, 2.75) is 32.2 Å². The normalized spacial score (nSPS) is 22.0. The van der Waals surface area contributed by atoms with E-state index in [9.17, 15) is 13.2 Å². The Morgan fingerprint density at radius 3 is 2.72 bits per heavy atom. The summed E-state index contributed by atoms with van der Waals surface area (Å²) in [6.45, 7) is 3.51. The first-order valence-corrected chi connectivity index (χ1v) is 12.6. The van der Waals surface area contributed by atoms with Gasteiger partial charge in [-0.05, 0) is 48.4 Å². The number of nitrogens with zero attached hydrogens (tertiary/aromatic N) is 2. The molecule has 0 unspecified atom stereocenters. The van der Waals surface area contributed by atoms with E-state index in [2.05, 4.69) is 18.2 Å². The molecule has 5 nitrogen and oxygen atoms in total. The van der Waals surface area contributed by atoms with Gasteiger partial charge in [0.1, 0.15) is 0 Å². The second-order valence-electron chi connectivity index (χ2n) is 8.17. The average Bonchev–Trinajstić information content (AvgIpc) is 3.12. The van der Waals surface area contributed by atoms with Gasteiger partial charge in [-0.25, -0.2) is 12.7 Å². The van der Waals surface area contributed by atoms with Crippen molar-refractivity contribution in [3.05, 3.63) is 58.5 Å². The first kappa shape index (κ1) is 19.0. The Hall–Kier alpha value is -1.96. The molecule has 1 saturated heterocycles. The van der Waals surface area contributed by atoms with Gasteiger partial charge in [0.15, 0.2) is 0 Å². The zero-order valence-corrected chi connectivity index (χ0v) is 18.0. The Bertz CT molecular complexity index is 1210. The van der Waals surface area contributed by atoms with E-state index >= 15 is 0 Å². The lowest BCUT2D eigenvalue weighted by Crippen LogP contribution is -2.49. The number of sulfonamides is 1. The lowest BCUT2D eigenvalue weighted by atomic mass is 9.84. The third-order valence-electron chi connectivity index (χ3n) is 6.12. The number of fused-ring (bicyclic) bond motifs is 5. The molecule has 4 heterocycles. The van der Waals surface area contributed by atoms with Crippen LogP contribution in [-0.4, -0.2) is 36.1 Å². The van der Waals surface area contributed by atoms with Crippen LogP contribution in [0.25, 0.3) is 20.5 Å². The monoisotopic (exact) mass is 428 g/mol. The van der Waals surface area contributed by atoms with Crippen molar-refractivity contribution >= 4 is 31.4 Å². The zero-order chi connectivity index (χ0) is 20.2. The fraction of sp³-hybridized carbons (Fsp3) is 0.409. The van der Waals surface area contributed by atoms with Gasteiger partial charge in [-0.3, -0.25) is 4.79 Å². The van der Waals surface area contributed by atoms with Crippen molar-refractivity contribution in [1.82, 2.24) is 8.87 Å². The number of aromatic nitrogens is 1. The summed E-state index contributed by atoms with van der Waals surface area (Å²) < 4.78 is 29.9. The van der Waals surface area contributed by atoms with Crippen LogP contribution in [0.2, 0.25) is 0 Å². The van der Waals surface area contributed by atoms with Crippen LogP contribution < -0.4 is 5.56 Å². The fourth-order valence-corrected chi connectivity index (χ4v) is 7.52. The van der Waals surface area contributed by atoms with Gasteiger partial charge in [0, 0.05) is 40.8 Å². The first-order chi connectivity index (χ1) is 14.0. The maximum absolute atomic E-state index is 13.3. The quantitative estimate of drug-likeness (QED) is 0.633. The molecule has 0 amide bonds. The molecule has 2 atom stereocenters. The van der Waals surface area contributed by atoms with Crippen LogP contribution in [0.3, 0.4) is 0 Å². The Labute approximate surface area is 174 Å². The maximum atomic E-state index is 13.3. The molecule has 2 aliphatic rings. The molecule has 0 aliphatic carbocycles. The molecule has 0 N–H and O–H groups in total. The molecule has 0 saturated carbocycles. The minimum absolute atomic E-state index is 0.0496. The van der Waals surface area contributed by atoms with Gasteiger partial charge in [0.2, 0.25) is 10.0 Å². The molecule has 0 radical (unpaired) electrons. The lowest BCUT2D eigenvalue weighted by molar-refractivity contribution is 0.186. The Kier molecular flexibility index (Phi) is 4.64. The summed E-state index contributed by atoms with van der Waals surface area (Å²) in [5.74, 6) is 0.492. The summed E-state index contributed by atoms with van der Waals surface area (Å²) in [5, 5.41) is 1.16. The van der Waals surface area contributed by atoms with Crippen molar-refractivity contribution in [2.24, 2.45) is 5.92 Å². The van der Waals surface area contributed by atoms with Crippen molar-refractivity contribution in [3.8, 4) is 10.4 Å². The molecule has 2 bridgehead atoms. The predicted molar refractivity (Wildman–Crippen MR) is 118 cm³/mol. The minimum atomic E-state index is -3.21. The smallest absolute Gasteiger partial charge is 0.259 e. The molecule has 2 aromatic heterocycles. The predicted octanol–water partition coefficient (Wildman–Crippen LogP) is 3.89. The Morgan fingerprint density at radius 2 is 1.93 bits per heavy atom. The number of rotatable bonds is 4. The summed E-state index contributed by atoms with van der Waals surface area (Å²) in [6, 6.07) is 14.2. The SMILES string of the molecule is CCCS(=O)(=O)N1C[C@H]2C[C@H](C1)c1ccc(-c3cc4ccccc4s3)c(=O)n1C2. The molecule has 1 fully saturated rings. The van der Waals surface area contributed by atoms with E-state index in [-0.39, 0.29) is 23.1 Å². The summed E-state index contributed by atoms with van der Waals surface area (Å²) in [4.78, 5) is 14.3. The van der Waals surface area contributed by atoms with E-state index in [4.69, 9.17) is 0 Å². The highest BCUT2D eigenvalue weighted by Gasteiger charge is 2.38. The van der Waals surface area contributed by atoms with Crippen LogP contribution in [-0.2, 0) is 16.6 Å². The summed E-state index contributed by atoms with van der Waals surface area (Å²) >= 11 is 1.64. The number of thiophene rings is 1. The van der Waals surface area contributed by atoms with Gasteiger partial charge in [-0.15, -0.1) is 11.3 Å². The van der Waals surface area contributed by atoms with E-state index in [0.717, 1.165) is 27.9 Å². The van der Waals surface area contributed by atoms with Crippen LogP contribution in [0.5, 0.6) is 0 Å². The van der Waals surface area contributed by atoms with Gasteiger partial charge in [0.05, 0.1) is 11.3 Å². The molecule has 152 valence electrons. The zero-order valence-electron chi connectivity index (χ0n) is 16.4. The number of hydrogen-bond acceptors (Lipinski definition) is 4. The number of hydrogen-bond donors (Lipinski definition) is 0. The van der Waals surface area contributed by atoms with Gasteiger partial charge in [-0.1, -0.05) is 25.1 Å². The highest BCUT2D eigenvalue weighted by Crippen LogP contribution is 2.38. The third-order valence-corrected chi connectivity index (χ3v) is 9.28. The first-order valence-electron chi connectivity index (χ1n) is 10.2.